The van der Waals surface area contributed by atoms with Crippen LogP contribution in [0.1, 0.15) is 48.1 Å². The van der Waals surface area contributed by atoms with Crippen molar-refractivity contribution in [1.82, 2.24) is 9.13 Å². The Hall–Kier alpha value is -2.71. The van der Waals surface area contributed by atoms with Crippen LogP contribution in [-0.4, -0.2) is 15.1 Å². The molecule has 0 unspecified atom stereocenters. The van der Waals surface area contributed by atoms with E-state index in [1.165, 1.54) is 0 Å². The van der Waals surface area contributed by atoms with Crippen LogP contribution < -0.4 is 15.6 Å². The topological polar surface area (TPSA) is 70.3 Å². The Kier molecular flexibility index (Phi) is 4.85. The molecule has 0 spiro atoms. The number of ether oxygens (including phenoxy) is 1. The first-order valence-electron chi connectivity index (χ1n) is 10.8. The van der Waals surface area contributed by atoms with Crippen molar-refractivity contribution in [1.29, 1.82) is 0 Å². The Morgan fingerprint density at radius 1 is 0.788 bits per heavy atom. The van der Waals surface area contributed by atoms with E-state index >= 15 is 0 Å². The number of pyridine rings is 2. The first-order chi connectivity index (χ1) is 15.9. The third-order valence-electron chi connectivity index (χ3n) is 6.26. The van der Waals surface area contributed by atoms with Crippen molar-refractivity contribution in [2.75, 3.05) is 0 Å². The molecular formula is C25H18Br2N2O4. The summed E-state index contributed by atoms with van der Waals surface area (Å²) in [6.07, 6.45) is 7.17. The van der Waals surface area contributed by atoms with E-state index in [2.05, 4.69) is 31.9 Å². The van der Waals surface area contributed by atoms with E-state index in [0.29, 0.717) is 10.8 Å². The number of aromatic nitrogens is 2. The van der Waals surface area contributed by atoms with Crippen molar-refractivity contribution < 1.29 is 9.53 Å². The summed E-state index contributed by atoms with van der Waals surface area (Å²) in [6.45, 7) is 0. The van der Waals surface area contributed by atoms with Crippen LogP contribution in [0.3, 0.4) is 0 Å². The maximum absolute atomic E-state index is 13.2. The van der Waals surface area contributed by atoms with Gasteiger partial charge in [-0.2, -0.15) is 0 Å². The minimum absolute atomic E-state index is 0.0602. The lowest BCUT2D eigenvalue weighted by molar-refractivity contribution is 0.0730. The van der Waals surface area contributed by atoms with Gasteiger partial charge in [0.05, 0.1) is 17.2 Å². The third kappa shape index (κ3) is 3.65. The highest BCUT2D eigenvalue weighted by Crippen LogP contribution is 2.39. The van der Waals surface area contributed by atoms with Gasteiger partial charge >= 0.3 is 5.97 Å². The quantitative estimate of drug-likeness (QED) is 0.294. The predicted molar refractivity (Wildman–Crippen MR) is 133 cm³/mol. The van der Waals surface area contributed by atoms with Gasteiger partial charge in [0, 0.05) is 38.0 Å². The summed E-state index contributed by atoms with van der Waals surface area (Å²) in [5.74, 6) is -0.870. The fraction of sp³-hybridized carbons (Fsp3) is 0.240. The number of halogens is 2. The molecule has 2 heterocycles. The molecule has 0 N–H and O–H groups in total. The molecule has 166 valence electrons. The zero-order valence-corrected chi connectivity index (χ0v) is 20.6. The van der Waals surface area contributed by atoms with Gasteiger partial charge in [0.2, 0.25) is 10.9 Å². The van der Waals surface area contributed by atoms with Crippen LogP contribution in [0.4, 0.5) is 0 Å². The Morgan fingerprint density at radius 2 is 1.30 bits per heavy atom. The average Bonchev–Trinajstić information content (AvgIpc) is 3.68. The number of nitrogens with zero attached hydrogens (tertiary/aromatic N) is 2. The summed E-state index contributed by atoms with van der Waals surface area (Å²) < 4.78 is 11.3. The summed E-state index contributed by atoms with van der Waals surface area (Å²) in [5.41, 5.74) is 0.747. The summed E-state index contributed by atoms with van der Waals surface area (Å²) in [7, 11) is 0. The molecule has 2 fully saturated rings. The number of benzene rings is 2. The first kappa shape index (κ1) is 20.9. The molecule has 2 aromatic heterocycles. The van der Waals surface area contributed by atoms with Gasteiger partial charge in [0.1, 0.15) is 5.56 Å². The van der Waals surface area contributed by atoms with Crippen molar-refractivity contribution in [2.45, 2.75) is 37.8 Å². The summed E-state index contributed by atoms with van der Waals surface area (Å²) in [5, 5.41) is 0.937. The van der Waals surface area contributed by atoms with E-state index in [9.17, 15) is 14.4 Å². The van der Waals surface area contributed by atoms with E-state index in [1.54, 1.807) is 36.7 Å². The normalized spacial score (nSPS) is 15.8. The van der Waals surface area contributed by atoms with Crippen molar-refractivity contribution in [3.63, 3.8) is 0 Å². The van der Waals surface area contributed by atoms with Gasteiger partial charge in [-0.3, -0.25) is 9.59 Å². The monoisotopic (exact) mass is 568 g/mol. The summed E-state index contributed by atoms with van der Waals surface area (Å²) in [4.78, 5) is 39.5. The highest BCUT2D eigenvalue weighted by molar-refractivity contribution is 9.10. The van der Waals surface area contributed by atoms with Crippen molar-refractivity contribution in [3.05, 3.63) is 83.7 Å². The number of fused-ring (bicyclic) bond motifs is 2. The molecule has 6 nitrogen and oxygen atoms in total. The van der Waals surface area contributed by atoms with E-state index in [4.69, 9.17) is 4.74 Å². The third-order valence-corrected chi connectivity index (χ3v) is 7.25. The van der Waals surface area contributed by atoms with Gasteiger partial charge in [-0.05, 0) is 62.1 Å². The van der Waals surface area contributed by atoms with E-state index in [0.717, 1.165) is 45.7 Å². The van der Waals surface area contributed by atoms with E-state index in [-0.39, 0.29) is 28.8 Å². The highest BCUT2D eigenvalue weighted by atomic mass is 79.9. The van der Waals surface area contributed by atoms with Crippen LogP contribution in [0.15, 0.2) is 67.3 Å². The molecule has 0 saturated heterocycles. The van der Waals surface area contributed by atoms with Crippen LogP contribution in [0.2, 0.25) is 0 Å². The molecule has 6 rings (SSSR count). The van der Waals surface area contributed by atoms with E-state index < -0.39 is 11.4 Å². The Morgan fingerprint density at radius 3 is 1.85 bits per heavy atom. The Balaban J connectivity index is 1.47. The molecule has 2 aliphatic carbocycles. The van der Waals surface area contributed by atoms with Crippen LogP contribution in [0.5, 0.6) is 5.75 Å². The average molecular weight is 570 g/mol. The molecule has 2 aromatic carbocycles. The largest absolute Gasteiger partial charge is 0.417 e. The number of hydrogen-bond acceptors (Lipinski definition) is 4. The Labute approximate surface area is 205 Å². The fourth-order valence-corrected chi connectivity index (χ4v) is 5.00. The highest BCUT2D eigenvalue weighted by Gasteiger charge is 2.29. The maximum atomic E-state index is 13.2. The number of carbonyl (C=O) groups excluding carboxylic acids is 1. The lowest BCUT2D eigenvalue weighted by atomic mass is 10.1. The second-order valence-corrected chi connectivity index (χ2v) is 10.5. The second kappa shape index (κ2) is 7.67. The zero-order valence-electron chi connectivity index (χ0n) is 17.4. The smallest absolute Gasteiger partial charge is 0.349 e. The predicted octanol–water partition coefficient (Wildman–Crippen LogP) is 5.73. The molecule has 33 heavy (non-hydrogen) atoms. The summed E-state index contributed by atoms with van der Waals surface area (Å²) >= 11 is 6.93. The molecule has 2 aliphatic rings. The summed E-state index contributed by atoms with van der Waals surface area (Å²) in [6, 6.07) is 11.3. The molecule has 0 bridgehead atoms. The van der Waals surface area contributed by atoms with Crippen LogP contribution in [-0.2, 0) is 0 Å². The molecule has 0 aliphatic heterocycles. The molecule has 2 saturated carbocycles. The lowest BCUT2D eigenvalue weighted by Crippen LogP contribution is -2.24. The first-order valence-corrected chi connectivity index (χ1v) is 12.4. The van der Waals surface area contributed by atoms with Crippen LogP contribution >= 0.6 is 31.9 Å². The van der Waals surface area contributed by atoms with E-state index in [1.807, 2.05) is 21.3 Å². The molecule has 0 atom stereocenters. The van der Waals surface area contributed by atoms with Gasteiger partial charge < -0.3 is 13.9 Å². The zero-order chi connectivity index (χ0) is 22.9. The fourth-order valence-electron chi connectivity index (χ4n) is 4.30. The number of carbonyl (C=O) groups is 1. The SMILES string of the molecule is O=C(Oc1cn(C2CC2)c2cc(Br)ccc2c1=O)c1cn(C2CC2)c2cc(Br)ccc2c1=O. The van der Waals surface area contributed by atoms with Gasteiger partial charge in [-0.25, -0.2) is 4.79 Å². The minimum Gasteiger partial charge on any atom is -0.417 e. The number of hydrogen-bond donors (Lipinski definition) is 0. The Bertz CT molecular complexity index is 1600. The van der Waals surface area contributed by atoms with Gasteiger partial charge in [0.15, 0.2) is 5.75 Å². The molecule has 0 amide bonds. The van der Waals surface area contributed by atoms with Crippen molar-refractivity contribution in [2.24, 2.45) is 0 Å². The standard InChI is InChI=1S/C25H18Br2N2O4/c26-13-1-7-17-20(9-13)28(15-3-4-15)11-19(23(17)30)25(32)33-22-12-29(16-5-6-16)21-10-14(27)2-8-18(21)24(22)31/h1-2,7-12,15-16H,3-6H2. The van der Waals surface area contributed by atoms with Crippen LogP contribution in [0.25, 0.3) is 21.8 Å². The number of esters is 1. The van der Waals surface area contributed by atoms with Gasteiger partial charge in [0.25, 0.3) is 0 Å². The van der Waals surface area contributed by atoms with Gasteiger partial charge in [-0.15, -0.1) is 0 Å². The molecule has 4 aromatic rings. The van der Waals surface area contributed by atoms with Crippen molar-refractivity contribution in [3.8, 4) is 5.75 Å². The number of rotatable bonds is 4. The molecule has 8 heteroatoms. The molecule has 0 radical (unpaired) electrons. The minimum atomic E-state index is -0.810. The van der Waals surface area contributed by atoms with Gasteiger partial charge in [-0.1, -0.05) is 31.9 Å². The van der Waals surface area contributed by atoms with Crippen molar-refractivity contribution >= 4 is 59.6 Å². The lowest BCUT2D eigenvalue weighted by Gasteiger charge is -2.14. The van der Waals surface area contributed by atoms with Crippen LogP contribution in [0, 0.1) is 0 Å². The molecular weight excluding hydrogens is 552 g/mol. The second-order valence-electron chi connectivity index (χ2n) is 8.68. The maximum Gasteiger partial charge on any atom is 0.349 e.